The van der Waals surface area contributed by atoms with Crippen molar-refractivity contribution in [2.45, 2.75) is 24.8 Å². The van der Waals surface area contributed by atoms with Gasteiger partial charge < -0.3 is 9.88 Å². The summed E-state index contributed by atoms with van der Waals surface area (Å²) in [6, 6.07) is 24.7. The number of hydrogen-bond acceptors (Lipinski definition) is 3. The van der Waals surface area contributed by atoms with Crippen LogP contribution < -0.4 is 5.32 Å². The SMILES string of the molecule is Cn1c(-c2ccccc2)c(C(=O)CN2C(=O)N[C@]3(CCCc4ccccc43)C2=O)c2ccccc21. The van der Waals surface area contributed by atoms with Gasteiger partial charge in [0.15, 0.2) is 5.78 Å². The zero-order chi connectivity index (χ0) is 24.2. The molecule has 1 saturated heterocycles. The second-order valence-electron chi connectivity index (χ2n) is 9.33. The quantitative estimate of drug-likeness (QED) is 0.349. The number of rotatable bonds is 4. The lowest BCUT2D eigenvalue weighted by molar-refractivity contribution is -0.131. The maximum absolute atomic E-state index is 13.8. The molecule has 2 aliphatic rings. The van der Waals surface area contributed by atoms with Crippen LogP contribution in [0.2, 0.25) is 0 Å². The van der Waals surface area contributed by atoms with Crippen LogP contribution in [0.1, 0.15) is 34.3 Å². The number of nitrogens with zero attached hydrogens (tertiary/aromatic N) is 2. The highest BCUT2D eigenvalue weighted by atomic mass is 16.2. The Hall–Kier alpha value is -4.19. The molecule has 0 saturated carbocycles. The van der Waals surface area contributed by atoms with E-state index < -0.39 is 11.6 Å². The lowest BCUT2D eigenvalue weighted by Gasteiger charge is -2.33. The van der Waals surface area contributed by atoms with Crippen LogP contribution in [-0.4, -0.2) is 33.7 Å². The van der Waals surface area contributed by atoms with Gasteiger partial charge in [-0.3, -0.25) is 14.5 Å². The summed E-state index contributed by atoms with van der Waals surface area (Å²) in [5, 5.41) is 3.76. The van der Waals surface area contributed by atoms with E-state index in [0.717, 1.165) is 51.0 Å². The number of carbonyl (C=O) groups is 3. The molecule has 35 heavy (non-hydrogen) atoms. The van der Waals surface area contributed by atoms with Gasteiger partial charge in [0.1, 0.15) is 5.54 Å². The molecule has 6 rings (SSSR count). The third kappa shape index (κ3) is 3.13. The second kappa shape index (κ2) is 7.94. The van der Waals surface area contributed by atoms with Crippen molar-refractivity contribution in [3.63, 3.8) is 0 Å². The number of para-hydroxylation sites is 1. The Morgan fingerprint density at radius 3 is 2.49 bits per heavy atom. The first kappa shape index (κ1) is 21.4. The third-order valence-corrected chi connectivity index (χ3v) is 7.39. The van der Waals surface area contributed by atoms with Crippen molar-refractivity contribution in [1.82, 2.24) is 14.8 Å². The van der Waals surface area contributed by atoms with Crippen LogP contribution in [0.3, 0.4) is 0 Å². The van der Waals surface area contributed by atoms with Gasteiger partial charge in [-0.2, -0.15) is 0 Å². The van der Waals surface area contributed by atoms with Crippen molar-refractivity contribution in [3.05, 3.63) is 95.6 Å². The molecule has 0 bridgehead atoms. The van der Waals surface area contributed by atoms with Gasteiger partial charge in [0.25, 0.3) is 5.91 Å². The maximum atomic E-state index is 13.8. The summed E-state index contributed by atoms with van der Waals surface area (Å²) in [6.07, 6.45) is 2.20. The minimum absolute atomic E-state index is 0.259. The first-order chi connectivity index (χ1) is 17.0. The Balaban J connectivity index is 1.41. The zero-order valence-corrected chi connectivity index (χ0v) is 19.5. The van der Waals surface area contributed by atoms with E-state index in [1.165, 1.54) is 0 Å². The normalized spacial score (nSPS) is 19.3. The summed E-state index contributed by atoms with van der Waals surface area (Å²) >= 11 is 0. The first-order valence-electron chi connectivity index (χ1n) is 11.9. The van der Waals surface area contributed by atoms with Crippen LogP contribution in [0.15, 0.2) is 78.9 Å². The van der Waals surface area contributed by atoms with E-state index >= 15 is 0 Å². The molecule has 4 aromatic rings. The minimum atomic E-state index is -1.09. The predicted octanol–water partition coefficient (Wildman–Crippen LogP) is 4.81. The molecule has 174 valence electrons. The average molecular weight is 464 g/mol. The molecule has 0 radical (unpaired) electrons. The topological polar surface area (TPSA) is 71.4 Å². The maximum Gasteiger partial charge on any atom is 0.325 e. The first-order valence-corrected chi connectivity index (χ1v) is 11.9. The number of aromatic nitrogens is 1. The molecule has 1 aromatic heterocycles. The Morgan fingerprint density at radius 2 is 1.66 bits per heavy atom. The number of Topliss-reactive ketones (excluding diaryl/α,β-unsaturated/α-hetero) is 1. The molecule has 1 aliphatic carbocycles. The summed E-state index contributed by atoms with van der Waals surface area (Å²) < 4.78 is 2.00. The van der Waals surface area contributed by atoms with Crippen LogP contribution in [0, 0.1) is 0 Å². The van der Waals surface area contributed by atoms with Crippen LogP contribution in [0.25, 0.3) is 22.2 Å². The highest BCUT2D eigenvalue weighted by molar-refractivity contribution is 6.17. The molecule has 0 unspecified atom stereocenters. The molecule has 3 amide bonds. The molecular formula is C29H25N3O3. The van der Waals surface area contributed by atoms with Crippen molar-refractivity contribution in [1.29, 1.82) is 0 Å². The molecule has 1 atom stereocenters. The molecule has 6 heteroatoms. The van der Waals surface area contributed by atoms with E-state index in [2.05, 4.69) is 5.32 Å². The lowest BCUT2D eigenvalue weighted by Crippen LogP contribution is -2.46. The number of ketones is 1. The van der Waals surface area contributed by atoms with Gasteiger partial charge in [0.2, 0.25) is 0 Å². The number of amides is 3. The summed E-state index contributed by atoms with van der Waals surface area (Å²) in [6.45, 7) is -0.303. The Labute approximate surface area is 203 Å². The molecular weight excluding hydrogens is 438 g/mol. The minimum Gasteiger partial charge on any atom is -0.343 e. The smallest absolute Gasteiger partial charge is 0.325 e. The fourth-order valence-electron chi connectivity index (χ4n) is 5.79. The molecule has 2 heterocycles. The molecule has 1 N–H and O–H groups in total. The fraction of sp³-hybridized carbons (Fsp3) is 0.207. The summed E-state index contributed by atoms with van der Waals surface area (Å²) in [5.41, 5.74) is 3.96. The van der Waals surface area contributed by atoms with E-state index in [0.29, 0.717) is 12.0 Å². The summed E-state index contributed by atoms with van der Waals surface area (Å²) in [7, 11) is 1.93. The highest BCUT2D eigenvalue weighted by Gasteiger charge is 2.54. The molecule has 6 nitrogen and oxygen atoms in total. The van der Waals surface area contributed by atoms with Gasteiger partial charge in [-0.15, -0.1) is 0 Å². The van der Waals surface area contributed by atoms with Crippen LogP contribution in [-0.2, 0) is 23.8 Å². The summed E-state index contributed by atoms with van der Waals surface area (Å²) in [5.74, 6) is -0.602. The number of hydrogen-bond donors (Lipinski definition) is 1. The number of fused-ring (bicyclic) bond motifs is 3. The third-order valence-electron chi connectivity index (χ3n) is 7.39. The number of nitrogens with one attached hydrogen (secondary N) is 1. The van der Waals surface area contributed by atoms with Crippen molar-refractivity contribution in [2.75, 3.05) is 6.54 Å². The van der Waals surface area contributed by atoms with Crippen molar-refractivity contribution >= 4 is 28.6 Å². The van der Waals surface area contributed by atoms with Crippen molar-refractivity contribution < 1.29 is 14.4 Å². The molecule has 3 aromatic carbocycles. The Morgan fingerprint density at radius 1 is 0.943 bits per heavy atom. The van der Waals surface area contributed by atoms with Crippen molar-refractivity contribution in [3.8, 4) is 11.3 Å². The standard InChI is InChI=1S/C29H25N3O3/c1-31-23-16-8-6-14-21(23)25(26(31)20-11-3-2-4-12-20)24(33)18-32-27(34)29(30-28(32)35)17-9-13-19-10-5-7-15-22(19)29/h2-8,10-12,14-16H,9,13,17-18H2,1H3,(H,30,35)/t29-/m0/s1. The fourth-order valence-corrected chi connectivity index (χ4v) is 5.79. The van der Waals surface area contributed by atoms with Gasteiger partial charge in [-0.1, -0.05) is 72.8 Å². The predicted molar refractivity (Wildman–Crippen MR) is 134 cm³/mol. The molecule has 1 aliphatic heterocycles. The zero-order valence-electron chi connectivity index (χ0n) is 19.5. The number of urea groups is 1. The van der Waals surface area contributed by atoms with Gasteiger partial charge in [-0.25, -0.2) is 4.79 Å². The van der Waals surface area contributed by atoms with Crippen molar-refractivity contribution in [2.24, 2.45) is 7.05 Å². The molecule has 1 spiro atoms. The Bertz CT molecular complexity index is 1500. The van der Waals surface area contributed by atoms with Gasteiger partial charge in [0, 0.05) is 18.0 Å². The number of imide groups is 1. The van der Waals surface area contributed by atoms with Crippen LogP contribution >= 0.6 is 0 Å². The largest absolute Gasteiger partial charge is 0.343 e. The van der Waals surface area contributed by atoms with E-state index in [4.69, 9.17) is 0 Å². The Kier molecular flexibility index (Phi) is 4.85. The van der Waals surface area contributed by atoms with Crippen LogP contribution in [0.5, 0.6) is 0 Å². The average Bonchev–Trinajstić information content (AvgIpc) is 3.31. The van der Waals surface area contributed by atoms with Gasteiger partial charge >= 0.3 is 6.03 Å². The summed E-state index contributed by atoms with van der Waals surface area (Å²) in [4.78, 5) is 41.8. The van der Waals surface area contributed by atoms with E-state index in [-0.39, 0.29) is 18.2 Å². The van der Waals surface area contributed by atoms with E-state index in [1.807, 2.05) is 90.5 Å². The lowest BCUT2D eigenvalue weighted by atomic mass is 9.76. The van der Waals surface area contributed by atoms with E-state index in [9.17, 15) is 14.4 Å². The number of benzene rings is 3. The second-order valence-corrected chi connectivity index (χ2v) is 9.33. The number of carbonyl (C=O) groups excluding carboxylic acids is 3. The molecule has 1 fully saturated rings. The van der Waals surface area contributed by atoms with Gasteiger partial charge in [-0.05, 0) is 42.0 Å². The number of aryl methyl sites for hydroxylation is 2. The van der Waals surface area contributed by atoms with Crippen LogP contribution in [0.4, 0.5) is 4.79 Å². The van der Waals surface area contributed by atoms with E-state index in [1.54, 1.807) is 0 Å². The monoisotopic (exact) mass is 463 g/mol. The highest BCUT2D eigenvalue weighted by Crippen LogP contribution is 2.40. The van der Waals surface area contributed by atoms with Gasteiger partial charge in [0.05, 0.1) is 17.8 Å².